The summed E-state index contributed by atoms with van der Waals surface area (Å²) in [7, 11) is -3.44. The molecule has 0 aromatic carbocycles. The minimum atomic E-state index is -3.44. The molecule has 0 amide bonds. The highest BCUT2D eigenvalue weighted by molar-refractivity contribution is 7.89. The number of rotatable bonds is 5. The van der Waals surface area contributed by atoms with Crippen molar-refractivity contribution in [3.05, 3.63) is 11.4 Å². The molecule has 7 heteroatoms. The van der Waals surface area contributed by atoms with Crippen LogP contribution in [0, 0.1) is 13.8 Å². The van der Waals surface area contributed by atoms with E-state index >= 15 is 0 Å². The van der Waals surface area contributed by atoms with Gasteiger partial charge >= 0.3 is 0 Å². The van der Waals surface area contributed by atoms with E-state index in [4.69, 9.17) is 0 Å². The van der Waals surface area contributed by atoms with Gasteiger partial charge in [-0.3, -0.25) is 5.10 Å². The lowest BCUT2D eigenvalue weighted by Crippen LogP contribution is -2.48. The van der Waals surface area contributed by atoms with Crippen molar-refractivity contribution < 1.29 is 8.42 Å². The summed E-state index contributed by atoms with van der Waals surface area (Å²) in [5.74, 6) is 0. The van der Waals surface area contributed by atoms with E-state index in [1.165, 1.54) is 0 Å². The molecule has 0 spiro atoms. The Morgan fingerprint density at radius 3 is 2.80 bits per heavy atom. The Kier molecular flexibility index (Phi) is 4.82. The van der Waals surface area contributed by atoms with Crippen LogP contribution in [0.25, 0.3) is 0 Å². The summed E-state index contributed by atoms with van der Waals surface area (Å²) in [4.78, 5) is 0.341. The number of piperidine rings is 1. The van der Waals surface area contributed by atoms with Crippen LogP contribution in [0.1, 0.15) is 37.6 Å². The van der Waals surface area contributed by atoms with Crippen molar-refractivity contribution in [2.75, 3.05) is 19.6 Å². The lowest BCUT2D eigenvalue weighted by Gasteiger charge is -2.32. The lowest BCUT2D eigenvalue weighted by molar-refractivity contribution is 0.284. The van der Waals surface area contributed by atoms with Crippen molar-refractivity contribution in [2.45, 2.75) is 51.0 Å². The van der Waals surface area contributed by atoms with Crippen LogP contribution in [0.2, 0.25) is 0 Å². The molecule has 1 atom stereocenters. The normalized spacial score (nSPS) is 21.2. The Morgan fingerprint density at radius 2 is 2.20 bits per heavy atom. The highest BCUT2D eigenvalue weighted by atomic mass is 32.2. The fraction of sp³-hybridized carbons (Fsp3) is 0.769. The minimum Gasteiger partial charge on any atom is -0.313 e. The first-order valence-electron chi connectivity index (χ1n) is 7.22. The summed E-state index contributed by atoms with van der Waals surface area (Å²) in [5.41, 5.74) is 1.16. The van der Waals surface area contributed by atoms with Gasteiger partial charge in [0.25, 0.3) is 0 Å². The summed E-state index contributed by atoms with van der Waals surface area (Å²) in [6, 6.07) is 0.256. The van der Waals surface area contributed by atoms with Crippen LogP contribution in [0.5, 0.6) is 0 Å². The predicted molar refractivity (Wildman–Crippen MR) is 78.1 cm³/mol. The molecule has 1 aliphatic rings. The molecule has 114 valence electrons. The van der Waals surface area contributed by atoms with Crippen LogP contribution < -0.4 is 5.32 Å². The third-order valence-corrected chi connectivity index (χ3v) is 5.85. The van der Waals surface area contributed by atoms with Crippen LogP contribution >= 0.6 is 0 Å². The predicted octanol–water partition coefficient (Wildman–Crippen LogP) is 1.18. The minimum absolute atomic E-state index is 0.256. The molecule has 1 unspecified atom stereocenters. The number of hydrogen-bond acceptors (Lipinski definition) is 4. The number of H-pyrrole nitrogens is 1. The van der Waals surface area contributed by atoms with Gasteiger partial charge < -0.3 is 5.32 Å². The Morgan fingerprint density at radius 1 is 1.45 bits per heavy atom. The first kappa shape index (κ1) is 15.5. The fourth-order valence-corrected chi connectivity index (χ4v) is 4.58. The first-order valence-corrected chi connectivity index (χ1v) is 8.66. The summed E-state index contributed by atoms with van der Waals surface area (Å²) >= 11 is 0. The van der Waals surface area contributed by atoms with Crippen molar-refractivity contribution in [3.8, 4) is 0 Å². The zero-order valence-corrected chi connectivity index (χ0v) is 13.3. The quantitative estimate of drug-likeness (QED) is 0.856. The number of aryl methyl sites for hydroxylation is 2. The molecule has 1 aromatic rings. The standard InChI is InChI=1S/C13H24N4O2S/c1-4-7-14-12-6-5-8-17(9-12)20(18,19)13-10(2)15-16-11(13)3/h12,14H,4-9H2,1-3H3,(H,15,16). The number of aromatic nitrogens is 2. The van der Waals surface area contributed by atoms with Crippen molar-refractivity contribution in [2.24, 2.45) is 0 Å². The second-order valence-electron chi connectivity index (χ2n) is 5.42. The van der Waals surface area contributed by atoms with Gasteiger partial charge in [-0.2, -0.15) is 9.40 Å². The number of nitrogens with zero attached hydrogens (tertiary/aromatic N) is 2. The molecule has 20 heavy (non-hydrogen) atoms. The van der Waals surface area contributed by atoms with Gasteiger partial charge in [0.2, 0.25) is 10.0 Å². The lowest BCUT2D eigenvalue weighted by atomic mass is 10.1. The molecule has 0 saturated carbocycles. The Labute approximate surface area is 121 Å². The molecule has 1 aliphatic heterocycles. The van der Waals surface area contributed by atoms with E-state index in [0.29, 0.717) is 29.4 Å². The van der Waals surface area contributed by atoms with Crippen molar-refractivity contribution in [1.82, 2.24) is 19.8 Å². The van der Waals surface area contributed by atoms with E-state index in [9.17, 15) is 8.42 Å². The van der Waals surface area contributed by atoms with Crippen LogP contribution in [0.4, 0.5) is 0 Å². The zero-order chi connectivity index (χ0) is 14.8. The number of sulfonamides is 1. The first-order chi connectivity index (χ1) is 9.46. The molecule has 0 radical (unpaired) electrons. The highest BCUT2D eigenvalue weighted by Crippen LogP contribution is 2.24. The molecule has 2 N–H and O–H groups in total. The topological polar surface area (TPSA) is 78.1 Å². The smallest absolute Gasteiger partial charge is 0.246 e. The number of aromatic amines is 1. The van der Waals surface area contributed by atoms with E-state index in [0.717, 1.165) is 25.8 Å². The van der Waals surface area contributed by atoms with Gasteiger partial charge in [-0.15, -0.1) is 0 Å². The van der Waals surface area contributed by atoms with Gasteiger partial charge in [0.05, 0.1) is 11.4 Å². The van der Waals surface area contributed by atoms with E-state index in [-0.39, 0.29) is 6.04 Å². The van der Waals surface area contributed by atoms with Gasteiger partial charge in [0.1, 0.15) is 4.90 Å². The molecule has 0 aliphatic carbocycles. The molecule has 1 saturated heterocycles. The molecule has 1 fully saturated rings. The van der Waals surface area contributed by atoms with E-state index in [1.54, 1.807) is 18.2 Å². The van der Waals surface area contributed by atoms with E-state index in [2.05, 4.69) is 22.4 Å². The van der Waals surface area contributed by atoms with Crippen LogP contribution in [0.15, 0.2) is 4.90 Å². The fourth-order valence-electron chi connectivity index (χ4n) is 2.73. The van der Waals surface area contributed by atoms with Gasteiger partial charge in [-0.1, -0.05) is 6.92 Å². The number of nitrogens with one attached hydrogen (secondary N) is 2. The third kappa shape index (κ3) is 3.05. The van der Waals surface area contributed by atoms with Gasteiger partial charge in [0, 0.05) is 19.1 Å². The van der Waals surface area contributed by atoms with Crippen molar-refractivity contribution in [1.29, 1.82) is 0 Å². The molecule has 2 heterocycles. The largest absolute Gasteiger partial charge is 0.313 e. The maximum atomic E-state index is 12.7. The Balaban J connectivity index is 2.17. The van der Waals surface area contributed by atoms with Crippen molar-refractivity contribution >= 4 is 10.0 Å². The zero-order valence-electron chi connectivity index (χ0n) is 12.4. The molecule has 2 rings (SSSR count). The van der Waals surface area contributed by atoms with Crippen LogP contribution in [0.3, 0.4) is 0 Å². The van der Waals surface area contributed by atoms with Crippen molar-refractivity contribution in [3.63, 3.8) is 0 Å². The summed E-state index contributed by atoms with van der Waals surface area (Å²) in [5, 5.41) is 10.2. The van der Waals surface area contributed by atoms with E-state index in [1.807, 2.05) is 0 Å². The molecule has 1 aromatic heterocycles. The third-order valence-electron chi connectivity index (χ3n) is 3.73. The van der Waals surface area contributed by atoms with Crippen LogP contribution in [-0.2, 0) is 10.0 Å². The van der Waals surface area contributed by atoms with Gasteiger partial charge in [-0.25, -0.2) is 8.42 Å². The highest BCUT2D eigenvalue weighted by Gasteiger charge is 2.33. The second kappa shape index (κ2) is 6.24. The summed E-state index contributed by atoms with van der Waals surface area (Å²) in [6.07, 6.45) is 3.00. The molecular weight excluding hydrogens is 276 g/mol. The second-order valence-corrected chi connectivity index (χ2v) is 7.29. The summed E-state index contributed by atoms with van der Waals surface area (Å²) in [6.45, 7) is 7.67. The summed E-state index contributed by atoms with van der Waals surface area (Å²) < 4.78 is 27.1. The maximum absolute atomic E-state index is 12.7. The van der Waals surface area contributed by atoms with Gasteiger partial charge in [-0.05, 0) is 39.7 Å². The molecule has 0 bridgehead atoms. The van der Waals surface area contributed by atoms with Crippen LogP contribution in [-0.4, -0.2) is 48.6 Å². The maximum Gasteiger partial charge on any atom is 0.246 e. The monoisotopic (exact) mass is 300 g/mol. The Bertz CT molecular complexity index is 533. The van der Waals surface area contributed by atoms with Gasteiger partial charge in [0.15, 0.2) is 0 Å². The van der Waals surface area contributed by atoms with E-state index < -0.39 is 10.0 Å². The average Bonchev–Trinajstić information content (AvgIpc) is 2.76. The number of hydrogen-bond donors (Lipinski definition) is 2. The molecule has 6 nitrogen and oxygen atoms in total. The SMILES string of the molecule is CCCNC1CCCN(S(=O)(=O)c2c(C)n[nH]c2C)C1. The average molecular weight is 300 g/mol. The Hall–Kier alpha value is -0.920. The molecular formula is C13H24N4O2S.